The van der Waals surface area contributed by atoms with Crippen LogP contribution in [0.15, 0.2) is 0 Å². The van der Waals surface area contributed by atoms with Gasteiger partial charge in [-0.2, -0.15) is 0 Å². The van der Waals surface area contributed by atoms with E-state index < -0.39 is 0 Å². The Labute approximate surface area is 122 Å². The summed E-state index contributed by atoms with van der Waals surface area (Å²) in [5.74, 6) is 1.09. The summed E-state index contributed by atoms with van der Waals surface area (Å²) in [6, 6.07) is 0. The molecule has 1 aliphatic rings. The van der Waals surface area contributed by atoms with E-state index in [2.05, 4.69) is 10.6 Å². The highest BCUT2D eigenvalue weighted by Gasteiger charge is 2.17. The fraction of sp³-hybridized carbons (Fsp3) is 0.867. The molecule has 1 saturated heterocycles. The number of amides is 2. The zero-order chi connectivity index (χ0) is 15.0. The molecule has 0 radical (unpaired) electrons. The van der Waals surface area contributed by atoms with E-state index >= 15 is 0 Å². The minimum absolute atomic E-state index is 0.0724. The minimum atomic E-state index is -0.0728. The number of piperidine rings is 1. The van der Waals surface area contributed by atoms with Gasteiger partial charge in [0, 0.05) is 20.0 Å². The second kappa shape index (κ2) is 8.95. The van der Waals surface area contributed by atoms with Crippen LogP contribution in [0.25, 0.3) is 0 Å². The molecule has 116 valence electrons. The molecule has 0 aromatic heterocycles. The molecular formula is C15H29N3O2. The molecule has 0 spiro atoms. The molecule has 0 saturated carbocycles. The molecule has 2 amide bonds. The third-order valence-electron chi connectivity index (χ3n) is 3.74. The van der Waals surface area contributed by atoms with Crippen LogP contribution in [0, 0.1) is 11.8 Å². The van der Waals surface area contributed by atoms with Crippen LogP contribution < -0.4 is 10.6 Å². The normalized spacial score (nSPS) is 16.2. The molecule has 0 aliphatic carbocycles. The number of rotatable bonds is 7. The minimum Gasteiger partial charge on any atom is -0.354 e. The molecule has 1 rings (SSSR count). The van der Waals surface area contributed by atoms with Gasteiger partial charge < -0.3 is 15.5 Å². The van der Waals surface area contributed by atoms with Crippen molar-refractivity contribution >= 4 is 11.8 Å². The van der Waals surface area contributed by atoms with Gasteiger partial charge in [-0.25, -0.2) is 0 Å². The fourth-order valence-corrected chi connectivity index (χ4v) is 2.37. The van der Waals surface area contributed by atoms with Crippen LogP contribution in [-0.2, 0) is 9.59 Å². The maximum absolute atomic E-state index is 12.0. The molecule has 0 atom stereocenters. The maximum Gasteiger partial charge on any atom is 0.239 e. The van der Waals surface area contributed by atoms with Crippen molar-refractivity contribution in [3.8, 4) is 0 Å². The lowest BCUT2D eigenvalue weighted by Gasteiger charge is -2.23. The highest BCUT2D eigenvalue weighted by Crippen LogP contribution is 2.18. The third kappa shape index (κ3) is 6.89. The molecule has 20 heavy (non-hydrogen) atoms. The molecular weight excluding hydrogens is 254 g/mol. The van der Waals surface area contributed by atoms with Gasteiger partial charge in [0.2, 0.25) is 11.8 Å². The van der Waals surface area contributed by atoms with E-state index in [9.17, 15) is 9.59 Å². The van der Waals surface area contributed by atoms with Gasteiger partial charge in [-0.3, -0.25) is 9.59 Å². The van der Waals surface area contributed by atoms with Crippen molar-refractivity contribution in [3.05, 3.63) is 0 Å². The predicted molar refractivity (Wildman–Crippen MR) is 80.3 cm³/mol. The molecule has 5 nitrogen and oxygen atoms in total. The van der Waals surface area contributed by atoms with Crippen LogP contribution in [0.3, 0.4) is 0 Å². The van der Waals surface area contributed by atoms with E-state index in [1.807, 2.05) is 13.8 Å². The molecule has 5 heteroatoms. The van der Waals surface area contributed by atoms with E-state index in [1.165, 1.54) is 4.90 Å². The van der Waals surface area contributed by atoms with E-state index in [0.29, 0.717) is 24.8 Å². The van der Waals surface area contributed by atoms with Crippen molar-refractivity contribution in [2.45, 2.75) is 39.5 Å². The first-order valence-corrected chi connectivity index (χ1v) is 7.70. The number of nitrogens with one attached hydrogen (secondary N) is 2. The SMILES string of the molecule is CC(C)CNC(=O)CN(C)C(=O)CCC1CCNCC1. The van der Waals surface area contributed by atoms with Crippen molar-refractivity contribution < 1.29 is 9.59 Å². The largest absolute Gasteiger partial charge is 0.354 e. The van der Waals surface area contributed by atoms with Gasteiger partial charge in [-0.15, -0.1) is 0 Å². The molecule has 1 aliphatic heterocycles. The van der Waals surface area contributed by atoms with Crippen molar-refractivity contribution in [1.29, 1.82) is 0 Å². The Morgan fingerprint density at radius 1 is 1.30 bits per heavy atom. The van der Waals surface area contributed by atoms with Crippen LogP contribution >= 0.6 is 0 Å². The van der Waals surface area contributed by atoms with Crippen molar-refractivity contribution in [2.75, 3.05) is 33.2 Å². The van der Waals surface area contributed by atoms with Gasteiger partial charge in [0.1, 0.15) is 0 Å². The van der Waals surface area contributed by atoms with Crippen molar-refractivity contribution in [3.63, 3.8) is 0 Å². The topological polar surface area (TPSA) is 61.4 Å². The lowest BCUT2D eigenvalue weighted by Crippen LogP contribution is -2.39. The van der Waals surface area contributed by atoms with Crippen molar-refractivity contribution in [1.82, 2.24) is 15.5 Å². The first-order chi connectivity index (χ1) is 9.49. The van der Waals surface area contributed by atoms with E-state index in [4.69, 9.17) is 0 Å². The molecule has 1 fully saturated rings. The quantitative estimate of drug-likeness (QED) is 0.732. The Hall–Kier alpha value is -1.10. The van der Waals surface area contributed by atoms with E-state index in [0.717, 1.165) is 32.4 Å². The van der Waals surface area contributed by atoms with Gasteiger partial charge in [-0.1, -0.05) is 13.8 Å². The maximum atomic E-state index is 12.0. The summed E-state index contributed by atoms with van der Waals surface area (Å²) in [7, 11) is 1.71. The number of likely N-dealkylation sites (N-methyl/N-ethyl adjacent to an activating group) is 1. The second-order valence-corrected chi connectivity index (χ2v) is 6.18. The fourth-order valence-electron chi connectivity index (χ4n) is 2.37. The van der Waals surface area contributed by atoms with E-state index in [1.54, 1.807) is 7.05 Å². The summed E-state index contributed by atoms with van der Waals surface area (Å²) in [5, 5.41) is 6.16. The van der Waals surface area contributed by atoms with Crippen molar-refractivity contribution in [2.24, 2.45) is 11.8 Å². The van der Waals surface area contributed by atoms with Crippen LogP contribution in [0.2, 0.25) is 0 Å². The number of carbonyl (C=O) groups excluding carboxylic acids is 2. The Morgan fingerprint density at radius 3 is 2.55 bits per heavy atom. The summed E-state index contributed by atoms with van der Waals surface area (Å²) in [5.41, 5.74) is 0. The third-order valence-corrected chi connectivity index (χ3v) is 3.74. The van der Waals surface area contributed by atoms with Crippen LogP contribution in [0.1, 0.15) is 39.5 Å². The molecule has 2 N–H and O–H groups in total. The zero-order valence-corrected chi connectivity index (χ0v) is 13.1. The number of carbonyl (C=O) groups is 2. The summed E-state index contributed by atoms with van der Waals surface area (Å²) in [4.78, 5) is 25.2. The Morgan fingerprint density at radius 2 is 1.95 bits per heavy atom. The summed E-state index contributed by atoms with van der Waals surface area (Å²) in [6.45, 7) is 7.05. The van der Waals surface area contributed by atoms with Gasteiger partial charge in [0.05, 0.1) is 6.54 Å². The van der Waals surface area contributed by atoms with Gasteiger partial charge in [0.25, 0.3) is 0 Å². The molecule has 0 unspecified atom stereocenters. The molecule has 0 aromatic carbocycles. The highest BCUT2D eigenvalue weighted by atomic mass is 16.2. The average molecular weight is 283 g/mol. The first kappa shape index (κ1) is 17.0. The van der Waals surface area contributed by atoms with Crippen LogP contribution in [-0.4, -0.2) is 49.9 Å². The van der Waals surface area contributed by atoms with Crippen LogP contribution in [0.5, 0.6) is 0 Å². The predicted octanol–water partition coefficient (Wildman–Crippen LogP) is 0.997. The Kier molecular flexibility index (Phi) is 7.59. The lowest BCUT2D eigenvalue weighted by atomic mass is 9.93. The number of hydrogen-bond acceptors (Lipinski definition) is 3. The van der Waals surface area contributed by atoms with Gasteiger partial charge in [-0.05, 0) is 44.2 Å². The molecule has 0 bridgehead atoms. The number of hydrogen-bond donors (Lipinski definition) is 2. The first-order valence-electron chi connectivity index (χ1n) is 7.70. The van der Waals surface area contributed by atoms with Gasteiger partial charge >= 0.3 is 0 Å². The van der Waals surface area contributed by atoms with E-state index in [-0.39, 0.29) is 18.4 Å². The Balaban J connectivity index is 2.19. The monoisotopic (exact) mass is 283 g/mol. The standard InChI is InChI=1S/C15H29N3O2/c1-12(2)10-17-14(19)11-18(3)15(20)5-4-13-6-8-16-9-7-13/h12-13,16H,4-11H2,1-3H3,(H,17,19). The second-order valence-electron chi connectivity index (χ2n) is 6.18. The Bertz CT molecular complexity index is 312. The average Bonchev–Trinajstić information content (AvgIpc) is 2.43. The van der Waals surface area contributed by atoms with Crippen LogP contribution in [0.4, 0.5) is 0 Å². The lowest BCUT2D eigenvalue weighted by molar-refractivity contribution is -0.135. The molecule has 0 aromatic rings. The smallest absolute Gasteiger partial charge is 0.239 e. The molecule has 1 heterocycles. The van der Waals surface area contributed by atoms with Gasteiger partial charge in [0.15, 0.2) is 0 Å². The summed E-state index contributed by atoms with van der Waals surface area (Å²) in [6.07, 6.45) is 3.81. The zero-order valence-electron chi connectivity index (χ0n) is 13.1. The summed E-state index contributed by atoms with van der Waals surface area (Å²) < 4.78 is 0. The highest BCUT2D eigenvalue weighted by molar-refractivity contribution is 5.84. The summed E-state index contributed by atoms with van der Waals surface area (Å²) >= 11 is 0. The number of nitrogens with zero attached hydrogens (tertiary/aromatic N) is 1.